The maximum Gasteiger partial charge on any atom is 0.335 e. The Balaban J connectivity index is 2.15. The van der Waals surface area contributed by atoms with Crippen LogP contribution in [-0.4, -0.2) is 41.7 Å². The van der Waals surface area contributed by atoms with Gasteiger partial charge >= 0.3 is 5.97 Å². The Labute approximate surface area is 143 Å². The fourth-order valence-electron chi connectivity index (χ4n) is 2.58. The highest BCUT2D eigenvalue weighted by Crippen LogP contribution is 2.35. The van der Waals surface area contributed by atoms with E-state index >= 15 is 0 Å². The molecule has 25 heavy (non-hydrogen) atoms. The Morgan fingerprint density at radius 2 is 1.52 bits per heavy atom. The van der Waals surface area contributed by atoms with Gasteiger partial charge < -0.3 is 10.2 Å². The molecular formula is C17H13NO6S. The van der Waals surface area contributed by atoms with Crippen LogP contribution in [0.2, 0.25) is 0 Å². The van der Waals surface area contributed by atoms with Gasteiger partial charge in [0.15, 0.2) is 5.76 Å². The molecule has 7 nitrogen and oxygen atoms in total. The number of carbonyl (C=O) groups excluding carboxylic acids is 1. The molecule has 0 saturated carbocycles. The Morgan fingerprint density at radius 3 is 2.12 bits per heavy atom. The number of hydrogen-bond donors (Lipinski definition) is 2. The minimum atomic E-state index is -3.98. The quantitative estimate of drug-likeness (QED) is 0.812. The zero-order valence-electron chi connectivity index (χ0n) is 13.0. The number of nitrogens with zero attached hydrogens (tertiary/aromatic N) is 1. The fourth-order valence-corrected chi connectivity index (χ4v) is 3.98. The summed E-state index contributed by atoms with van der Waals surface area (Å²) in [4.78, 5) is 23.5. The van der Waals surface area contributed by atoms with Gasteiger partial charge in [0.05, 0.1) is 10.5 Å². The number of aliphatic hydroxyl groups excluding tert-OH is 1. The van der Waals surface area contributed by atoms with E-state index in [1.165, 1.54) is 49.5 Å². The third-order valence-corrected chi connectivity index (χ3v) is 5.74. The second-order valence-corrected chi connectivity index (χ2v) is 7.32. The molecule has 0 radical (unpaired) electrons. The molecule has 8 heteroatoms. The Morgan fingerprint density at radius 1 is 0.960 bits per heavy atom. The molecule has 0 unspecified atom stereocenters. The van der Waals surface area contributed by atoms with Crippen molar-refractivity contribution in [1.82, 2.24) is 4.31 Å². The van der Waals surface area contributed by atoms with Gasteiger partial charge in [0.2, 0.25) is 5.78 Å². The van der Waals surface area contributed by atoms with Crippen molar-refractivity contribution in [3.8, 4) is 0 Å². The van der Waals surface area contributed by atoms with Crippen molar-refractivity contribution in [2.45, 2.75) is 4.90 Å². The van der Waals surface area contributed by atoms with E-state index in [0.29, 0.717) is 0 Å². The van der Waals surface area contributed by atoms with Crippen molar-refractivity contribution in [3.63, 3.8) is 0 Å². The fraction of sp³-hybridized carbons (Fsp3) is 0.0588. The molecule has 2 aromatic rings. The van der Waals surface area contributed by atoms with Gasteiger partial charge in [-0.3, -0.25) is 9.10 Å². The van der Waals surface area contributed by atoms with E-state index in [1.807, 2.05) is 0 Å². The first-order valence-electron chi connectivity index (χ1n) is 7.15. The summed E-state index contributed by atoms with van der Waals surface area (Å²) >= 11 is 0. The monoisotopic (exact) mass is 359 g/mol. The van der Waals surface area contributed by atoms with E-state index in [1.54, 1.807) is 6.07 Å². The van der Waals surface area contributed by atoms with E-state index in [4.69, 9.17) is 5.11 Å². The van der Waals surface area contributed by atoms with Gasteiger partial charge in [0, 0.05) is 18.2 Å². The van der Waals surface area contributed by atoms with E-state index in [9.17, 15) is 23.1 Å². The number of ketones is 1. The number of aliphatic hydroxyl groups is 1. The smallest absolute Gasteiger partial charge is 0.335 e. The van der Waals surface area contributed by atoms with Crippen LogP contribution in [0.4, 0.5) is 0 Å². The number of carboxylic acids is 1. The topological polar surface area (TPSA) is 112 Å². The van der Waals surface area contributed by atoms with Crippen LogP contribution in [0.1, 0.15) is 26.3 Å². The lowest BCUT2D eigenvalue weighted by molar-refractivity contribution is 0.0696. The first kappa shape index (κ1) is 16.7. The lowest BCUT2D eigenvalue weighted by Crippen LogP contribution is -2.35. The lowest BCUT2D eigenvalue weighted by Gasteiger charge is -2.28. The number of carbonyl (C=O) groups is 2. The molecule has 1 aliphatic rings. The highest BCUT2D eigenvalue weighted by molar-refractivity contribution is 7.89. The standard InChI is InChI=1S/C17H13NO6S/c1-18-14(15(19)10-6-8-11(9-7-10)17(21)22)16(20)12-4-2-3-5-13(12)25(18,23)24/h2-9,20H,1H3,(H,21,22). The predicted octanol–water partition coefficient (Wildman–Crippen LogP) is 2.13. The average molecular weight is 359 g/mol. The zero-order chi connectivity index (χ0) is 18.4. The number of aromatic carboxylic acids is 1. The third kappa shape index (κ3) is 2.56. The predicted molar refractivity (Wildman–Crippen MR) is 88.7 cm³/mol. The van der Waals surface area contributed by atoms with Gasteiger partial charge in [0.1, 0.15) is 5.70 Å². The molecule has 0 bridgehead atoms. The van der Waals surface area contributed by atoms with Crippen LogP contribution in [0.15, 0.2) is 59.1 Å². The molecule has 0 fully saturated rings. The van der Waals surface area contributed by atoms with Crippen LogP contribution in [0, 0.1) is 0 Å². The SMILES string of the molecule is CN1C(C(=O)c2ccc(C(=O)O)cc2)=C(O)c2ccccc2S1(=O)=O. The second kappa shape index (κ2) is 5.75. The Bertz CT molecular complexity index is 1020. The third-order valence-electron chi connectivity index (χ3n) is 3.93. The number of fused-ring (bicyclic) bond motifs is 1. The summed E-state index contributed by atoms with van der Waals surface area (Å²) in [5.41, 5.74) is -0.287. The average Bonchev–Trinajstić information content (AvgIpc) is 2.60. The summed E-state index contributed by atoms with van der Waals surface area (Å²) in [6.07, 6.45) is 0. The van der Waals surface area contributed by atoms with Crippen LogP contribution in [0.3, 0.4) is 0 Å². The van der Waals surface area contributed by atoms with Crippen molar-refractivity contribution in [1.29, 1.82) is 0 Å². The molecule has 2 aromatic carbocycles. The Hall–Kier alpha value is -3.13. The molecule has 3 rings (SSSR count). The number of benzene rings is 2. The normalized spacial score (nSPS) is 15.6. The molecule has 0 amide bonds. The molecule has 2 N–H and O–H groups in total. The van der Waals surface area contributed by atoms with Crippen molar-refractivity contribution >= 4 is 27.5 Å². The number of hydrogen-bond acceptors (Lipinski definition) is 5. The van der Waals surface area contributed by atoms with Crippen LogP contribution < -0.4 is 0 Å². The van der Waals surface area contributed by atoms with Crippen molar-refractivity contribution < 1.29 is 28.2 Å². The molecule has 0 saturated heterocycles. The first-order chi connectivity index (χ1) is 11.7. The number of rotatable bonds is 3. The second-order valence-electron chi connectivity index (χ2n) is 5.38. The Kier molecular flexibility index (Phi) is 3.84. The lowest BCUT2D eigenvalue weighted by atomic mass is 10.0. The summed E-state index contributed by atoms with van der Waals surface area (Å²) in [6.45, 7) is 0. The minimum Gasteiger partial charge on any atom is -0.505 e. The highest BCUT2D eigenvalue weighted by atomic mass is 32.2. The van der Waals surface area contributed by atoms with E-state index in [0.717, 1.165) is 4.31 Å². The van der Waals surface area contributed by atoms with Gasteiger partial charge in [-0.1, -0.05) is 24.3 Å². The molecule has 1 heterocycles. The van der Waals surface area contributed by atoms with Crippen molar-refractivity contribution in [2.24, 2.45) is 0 Å². The van der Waals surface area contributed by atoms with Crippen LogP contribution in [0.5, 0.6) is 0 Å². The maximum atomic E-state index is 12.7. The van der Waals surface area contributed by atoms with Crippen molar-refractivity contribution in [3.05, 3.63) is 70.9 Å². The van der Waals surface area contributed by atoms with Crippen molar-refractivity contribution in [2.75, 3.05) is 7.05 Å². The van der Waals surface area contributed by atoms with Gasteiger partial charge in [-0.25, -0.2) is 13.2 Å². The van der Waals surface area contributed by atoms with Gasteiger partial charge in [-0.2, -0.15) is 0 Å². The van der Waals surface area contributed by atoms with Gasteiger partial charge in [-0.05, 0) is 24.3 Å². The molecule has 0 aromatic heterocycles. The molecule has 0 atom stereocenters. The minimum absolute atomic E-state index is 0.00952. The van der Waals surface area contributed by atoms with Crippen LogP contribution in [-0.2, 0) is 10.0 Å². The molecule has 0 spiro atoms. The largest absolute Gasteiger partial charge is 0.505 e. The summed E-state index contributed by atoms with van der Waals surface area (Å²) in [5, 5.41) is 19.4. The first-order valence-corrected chi connectivity index (χ1v) is 8.59. The van der Waals surface area contributed by atoms with E-state index < -0.39 is 27.5 Å². The highest BCUT2D eigenvalue weighted by Gasteiger charge is 2.37. The summed E-state index contributed by atoms with van der Waals surface area (Å²) < 4.78 is 25.9. The van der Waals surface area contributed by atoms with E-state index in [-0.39, 0.29) is 27.3 Å². The van der Waals surface area contributed by atoms with Gasteiger partial charge in [-0.15, -0.1) is 0 Å². The molecular weight excluding hydrogens is 346 g/mol. The summed E-state index contributed by atoms with van der Waals surface area (Å²) in [5.74, 6) is -2.32. The number of likely N-dealkylation sites (N-methyl/N-ethyl adjacent to an activating group) is 1. The van der Waals surface area contributed by atoms with Crippen LogP contribution in [0.25, 0.3) is 5.76 Å². The number of sulfonamides is 1. The number of allylic oxidation sites excluding steroid dienone is 1. The van der Waals surface area contributed by atoms with E-state index in [2.05, 4.69) is 0 Å². The molecule has 0 aliphatic carbocycles. The zero-order valence-corrected chi connectivity index (χ0v) is 13.8. The summed E-state index contributed by atoms with van der Waals surface area (Å²) in [7, 11) is -2.80. The maximum absolute atomic E-state index is 12.7. The summed E-state index contributed by atoms with van der Waals surface area (Å²) in [6, 6.07) is 10.8. The van der Waals surface area contributed by atoms with Crippen LogP contribution >= 0.6 is 0 Å². The molecule has 1 aliphatic heterocycles. The van der Waals surface area contributed by atoms with Gasteiger partial charge in [0.25, 0.3) is 10.0 Å². The number of Topliss-reactive ketones (excluding diaryl/α,β-unsaturated/α-hetero) is 1. The molecule has 128 valence electrons. The number of carboxylic acid groups (broad SMARTS) is 1.